The zero-order chi connectivity index (χ0) is 18.1. The summed E-state index contributed by atoms with van der Waals surface area (Å²) in [6, 6.07) is 5.01. The van der Waals surface area contributed by atoms with Crippen LogP contribution in [0.1, 0.15) is 51.2 Å². The molecule has 2 aromatic heterocycles. The third kappa shape index (κ3) is 3.60. The molecular weight excluding hydrogens is 392 g/mol. The van der Waals surface area contributed by atoms with Gasteiger partial charge in [0, 0.05) is 30.1 Å². The van der Waals surface area contributed by atoms with E-state index >= 15 is 0 Å². The van der Waals surface area contributed by atoms with Gasteiger partial charge in [0.05, 0.1) is 10.7 Å². The Labute approximate surface area is 162 Å². The summed E-state index contributed by atoms with van der Waals surface area (Å²) >= 11 is 3.63. The number of piperidine rings is 1. The second kappa shape index (κ2) is 7.58. The van der Waals surface area contributed by atoms with Crippen LogP contribution in [0.3, 0.4) is 0 Å². The summed E-state index contributed by atoms with van der Waals surface area (Å²) in [5.74, 6) is 2.01. The van der Waals surface area contributed by atoms with E-state index in [1.807, 2.05) is 6.07 Å². The van der Waals surface area contributed by atoms with Crippen LogP contribution >= 0.6 is 15.9 Å². The zero-order valence-corrected chi connectivity index (χ0v) is 16.8. The highest BCUT2D eigenvalue weighted by molar-refractivity contribution is 9.10. The van der Waals surface area contributed by atoms with Crippen molar-refractivity contribution in [3.63, 3.8) is 0 Å². The minimum absolute atomic E-state index is 0.316. The molecule has 1 N–H and O–H groups in total. The van der Waals surface area contributed by atoms with E-state index in [0.29, 0.717) is 17.4 Å². The number of aromatic nitrogens is 1. The zero-order valence-electron chi connectivity index (χ0n) is 15.2. The summed E-state index contributed by atoms with van der Waals surface area (Å²) < 4.78 is 6.33. The lowest BCUT2D eigenvalue weighted by atomic mass is 9.88. The van der Waals surface area contributed by atoms with E-state index in [1.54, 1.807) is 12.3 Å². The number of hydrogen-bond acceptors (Lipinski definition) is 5. The van der Waals surface area contributed by atoms with Gasteiger partial charge in [-0.05, 0) is 66.9 Å². The SMILES string of the molecule is CC1CCCN(C2CCC(Nc3ncc4oc(C#N)cc4c3Br)CC2)C1. The van der Waals surface area contributed by atoms with Gasteiger partial charge in [-0.1, -0.05) is 6.92 Å². The van der Waals surface area contributed by atoms with Crippen molar-refractivity contribution in [1.82, 2.24) is 9.88 Å². The van der Waals surface area contributed by atoms with Crippen molar-refractivity contribution in [2.24, 2.45) is 5.92 Å². The van der Waals surface area contributed by atoms with E-state index in [-0.39, 0.29) is 0 Å². The third-order valence-electron chi connectivity index (χ3n) is 5.87. The first-order valence-corrected chi connectivity index (χ1v) is 10.4. The van der Waals surface area contributed by atoms with E-state index in [0.717, 1.165) is 27.6 Å². The van der Waals surface area contributed by atoms with Gasteiger partial charge in [0.2, 0.25) is 5.76 Å². The Morgan fingerprint density at radius 1 is 1.31 bits per heavy atom. The molecule has 1 aliphatic carbocycles. The lowest BCUT2D eigenvalue weighted by Gasteiger charge is -2.41. The number of nitrogens with one attached hydrogen (secondary N) is 1. The lowest BCUT2D eigenvalue weighted by Crippen LogP contribution is -2.45. The number of furan rings is 1. The Morgan fingerprint density at radius 3 is 2.85 bits per heavy atom. The number of likely N-dealkylation sites (tertiary alicyclic amines) is 1. The maximum Gasteiger partial charge on any atom is 0.204 e. The van der Waals surface area contributed by atoms with Crippen LogP contribution in [0, 0.1) is 17.2 Å². The molecule has 1 unspecified atom stereocenters. The Kier molecular flexibility index (Phi) is 5.19. The average Bonchev–Trinajstić information content (AvgIpc) is 3.09. The van der Waals surface area contributed by atoms with Gasteiger partial charge in [-0.25, -0.2) is 4.98 Å². The molecule has 26 heavy (non-hydrogen) atoms. The summed E-state index contributed by atoms with van der Waals surface area (Å²) in [5.41, 5.74) is 0.641. The summed E-state index contributed by atoms with van der Waals surface area (Å²) in [5, 5.41) is 13.5. The van der Waals surface area contributed by atoms with E-state index in [1.165, 1.54) is 51.6 Å². The Morgan fingerprint density at radius 2 is 2.12 bits per heavy atom. The number of pyridine rings is 1. The Balaban J connectivity index is 1.39. The van der Waals surface area contributed by atoms with Crippen molar-refractivity contribution in [1.29, 1.82) is 5.26 Å². The maximum absolute atomic E-state index is 9.01. The molecule has 1 atom stereocenters. The van der Waals surface area contributed by atoms with Gasteiger partial charge >= 0.3 is 0 Å². The molecule has 6 heteroatoms. The van der Waals surface area contributed by atoms with E-state index in [4.69, 9.17) is 9.68 Å². The summed E-state index contributed by atoms with van der Waals surface area (Å²) in [7, 11) is 0. The molecule has 2 aromatic rings. The molecule has 1 saturated heterocycles. The van der Waals surface area contributed by atoms with Gasteiger partial charge in [-0.3, -0.25) is 0 Å². The van der Waals surface area contributed by atoms with Crippen molar-refractivity contribution in [3.8, 4) is 6.07 Å². The minimum atomic E-state index is 0.316. The van der Waals surface area contributed by atoms with Gasteiger partial charge in [-0.15, -0.1) is 0 Å². The largest absolute Gasteiger partial charge is 0.444 e. The summed E-state index contributed by atoms with van der Waals surface area (Å²) in [4.78, 5) is 7.22. The van der Waals surface area contributed by atoms with Crippen LogP contribution in [0.4, 0.5) is 5.82 Å². The fourth-order valence-corrected chi connectivity index (χ4v) is 5.00. The van der Waals surface area contributed by atoms with Crippen LogP contribution in [0.2, 0.25) is 0 Å². The van der Waals surface area contributed by atoms with Gasteiger partial charge < -0.3 is 14.6 Å². The number of nitriles is 1. The molecule has 1 saturated carbocycles. The van der Waals surface area contributed by atoms with Crippen molar-refractivity contribution in [3.05, 3.63) is 22.5 Å². The molecule has 3 heterocycles. The van der Waals surface area contributed by atoms with Crippen LogP contribution in [-0.2, 0) is 0 Å². The molecule has 2 fully saturated rings. The van der Waals surface area contributed by atoms with Crippen LogP contribution in [0.5, 0.6) is 0 Å². The van der Waals surface area contributed by atoms with Crippen molar-refractivity contribution in [2.75, 3.05) is 18.4 Å². The molecule has 5 nitrogen and oxygen atoms in total. The number of nitrogens with zero attached hydrogens (tertiary/aromatic N) is 3. The van der Waals surface area contributed by atoms with Crippen molar-refractivity contribution in [2.45, 2.75) is 57.5 Å². The molecule has 0 spiro atoms. The standard InChI is InChI=1S/C20H25BrN4O/c1-13-3-2-8-25(12-13)15-6-4-14(5-7-15)24-20-19(21)17-9-16(10-22)26-18(17)11-23-20/h9,11,13-15H,2-8,12H2,1H3,(H,23,24). The fraction of sp³-hybridized carbons (Fsp3) is 0.600. The highest BCUT2D eigenvalue weighted by Gasteiger charge is 2.28. The average molecular weight is 417 g/mol. The number of hydrogen-bond donors (Lipinski definition) is 1. The van der Waals surface area contributed by atoms with E-state index in [2.05, 4.69) is 38.1 Å². The molecule has 2 aliphatic rings. The highest BCUT2D eigenvalue weighted by Crippen LogP contribution is 2.34. The number of fused-ring (bicyclic) bond motifs is 1. The van der Waals surface area contributed by atoms with E-state index < -0.39 is 0 Å². The molecule has 4 rings (SSSR count). The second-order valence-corrected chi connectivity index (χ2v) is 8.61. The van der Waals surface area contributed by atoms with Gasteiger partial charge in [0.15, 0.2) is 5.58 Å². The smallest absolute Gasteiger partial charge is 0.204 e. The minimum Gasteiger partial charge on any atom is -0.444 e. The molecular formula is C20H25BrN4O. The van der Waals surface area contributed by atoms with Gasteiger partial charge in [0.1, 0.15) is 11.9 Å². The third-order valence-corrected chi connectivity index (χ3v) is 6.67. The summed E-state index contributed by atoms with van der Waals surface area (Å²) in [6.07, 6.45) is 9.31. The number of anilines is 1. The van der Waals surface area contributed by atoms with Gasteiger partial charge in [-0.2, -0.15) is 5.26 Å². The quantitative estimate of drug-likeness (QED) is 0.768. The monoisotopic (exact) mass is 416 g/mol. The maximum atomic E-state index is 9.01. The van der Waals surface area contributed by atoms with Crippen LogP contribution in [-0.4, -0.2) is 35.1 Å². The van der Waals surface area contributed by atoms with Gasteiger partial charge in [0.25, 0.3) is 0 Å². The van der Waals surface area contributed by atoms with Crippen molar-refractivity contribution >= 4 is 32.7 Å². The van der Waals surface area contributed by atoms with E-state index in [9.17, 15) is 0 Å². The number of rotatable bonds is 3. The Hall–Kier alpha value is -1.58. The van der Waals surface area contributed by atoms with Crippen molar-refractivity contribution < 1.29 is 4.42 Å². The topological polar surface area (TPSA) is 65.1 Å². The molecule has 0 bridgehead atoms. The first-order chi connectivity index (χ1) is 12.6. The first kappa shape index (κ1) is 17.8. The molecule has 0 radical (unpaired) electrons. The van der Waals surface area contributed by atoms with Crippen LogP contribution < -0.4 is 5.32 Å². The van der Waals surface area contributed by atoms with Crippen LogP contribution in [0.25, 0.3) is 11.0 Å². The number of halogens is 1. The highest BCUT2D eigenvalue weighted by atomic mass is 79.9. The molecule has 0 aromatic carbocycles. The fourth-order valence-electron chi connectivity index (χ4n) is 4.47. The predicted molar refractivity (Wildman–Crippen MR) is 106 cm³/mol. The lowest BCUT2D eigenvalue weighted by molar-refractivity contribution is 0.102. The second-order valence-electron chi connectivity index (χ2n) is 7.81. The Bertz CT molecular complexity index is 819. The molecule has 0 amide bonds. The first-order valence-electron chi connectivity index (χ1n) is 9.62. The molecule has 1 aliphatic heterocycles. The summed E-state index contributed by atoms with van der Waals surface area (Å²) in [6.45, 7) is 4.93. The van der Waals surface area contributed by atoms with Crippen LogP contribution in [0.15, 0.2) is 21.2 Å². The predicted octanol–water partition coefficient (Wildman–Crippen LogP) is 4.92. The normalized spacial score (nSPS) is 27.3. The molecule has 138 valence electrons.